The number of nitrogens with zero attached hydrogens (tertiary/aromatic N) is 1. The molecule has 1 aromatic carbocycles. The van der Waals surface area contributed by atoms with Crippen molar-refractivity contribution in [2.45, 2.75) is 18.6 Å². The van der Waals surface area contributed by atoms with E-state index in [2.05, 4.69) is 4.98 Å². The van der Waals surface area contributed by atoms with Crippen molar-refractivity contribution >= 4 is 0 Å². The molecule has 2 N–H and O–H groups in total. The Morgan fingerprint density at radius 3 is 2.29 bits per heavy atom. The molecule has 112 valence electrons. The topological polar surface area (TPSA) is 38.9 Å². The molecule has 0 saturated carbocycles. The van der Waals surface area contributed by atoms with Gasteiger partial charge >= 0.3 is 6.18 Å². The summed E-state index contributed by atoms with van der Waals surface area (Å²) in [4.78, 5) is 3.67. The Morgan fingerprint density at radius 2 is 1.76 bits per heavy atom. The third kappa shape index (κ3) is 3.75. The van der Waals surface area contributed by atoms with Crippen LogP contribution in [0.5, 0.6) is 0 Å². The minimum absolute atomic E-state index is 0.134. The summed E-state index contributed by atoms with van der Waals surface area (Å²) in [5, 5.41) is 0. The molecule has 1 atom stereocenters. The van der Waals surface area contributed by atoms with Crippen LogP contribution in [-0.4, -0.2) is 4.98 Å². The zero-order chi connectivity index (χ0) is 15.6. The van der Waals surface area contributed by atoms with E-state index in [1.54, 1.807) is 0 Å². The van der Waals surface area contributed by atoms with Crippen molar-refractivity contribution in [2.24, 2.45) is 5.73 Å². The second-order valence-electron chi connectivity index (χ2n) is 4.53. The minimum atomic E-state index is -4.46. The van der Waals surface area contributed by atoms with Crippen molar-refractivity contribution < 1.29 is 22.0 Å². The Hall–Kier alpha value is -2.02. The molecule has 0 bridgehead atoms. The van der Waals surface area contributed by atoms with Crippen molar-refractivity contribution in [2.75, 3.05) is 0 Å². The number of benzene rings is 1. The Labute approximate surface area is 117 Å². The van der Waals surface area contributed by atoms with Gasteiger partial charge in [-0.05, 0) is 36.2 Å². The lowest BCUT2D eigenvalue weighted by Crippen LogP contribution is -2.16. The zero-order valence-corrected chi connectivity index (χ0v) is 10.7. The Morgan fingerprint density at radius 1 is 1.05 bits per heavy atom. The van der Waals surface area contributed by atoms with E-state index in [4.69, 9.17) is 5.73 Å². The first kappa shape index (κ1) is 15.4. The Balaban J connectivity index is 2.13. The first-order chi connectivity index (χ1) is 9.77. The fourth-order valence-electron chi connectivity index (χ4n) is 1.82. The van der Waals surface area contributed by atoms with Gasteiger partial charge in [-0.1, -0.05) is 6.07 Å². The fraction of sp³-hybridized carbons (Fsp3) is 0.214. The Kier molecular flexibility index (Phi) is 4.22. The molecule has 0 spiro atoms. The molecule has 2 nitrogen and oxygen atoms in total. The zero-order valence-electron chi connectivity index (χ0n) is 10.7. The standard InChI is InChI=1S/C14H11F5N2/c15-10-3-1-8(5-11(10)16)6-12(20)13-4-2-9(7-21-13)14(17,18)19/h1-5,7,12H,6,20H2. The lowest BCUT2D eigenvalue weighted by molar-refractivity contribution is -0.137. The highest BCUT2D eigenvalue weighted by Crippen LogP contribution is 2.29. The quantitative estimate of drug-likeness (QED) is 0.880. The fourth-order valence-corrected chi connectivity index (χ4v) is 1.82. The number of hydrogen-bond donors (Lipinski definition) is 1. The summed E-state index contributed by atoms with van der Waals surface area (Å²) in [5.74, 6) is -1.97. The van der Waals surface area contributed by atoms with Gasteiger partial charge in [0, 0.05) is 6.20 Å². The van der Waals surface area contributed by atoms with Crippen LogP contribution >= 0.6 is 0 Å². The SMILES string of the molecule is NC(Cc1ccc(F)c(F)c1)c1ccc(C(F)(F)F)cn1. The van der Waals surface area contributed by atoms with Gasteiger partial charge in [0.15, 0.2) is 11.6 Å². The molecular formula is C14H11F5N2. The molecule has 1 unspecified atom stereocenters. The van der Waals surface area contributed by atoms with Crippen LogP contribution in [0.4, 0.5) is 22.0 Å². The maximum Gasteiger partial charge on any atom is 0.417 e. The van der Waals surface area contributed by atoms with Gasteiger partial charge in [0.05, 0.1) is 17.3 Å². The summed E-state index contributed by atoms with van der Waals surface area (Å²) >= 11 is 0. The average Bonchev–Trinajstić information content (AvgIpc) is 2.42. The highest BCUT2D eigenvalue weighted by Gasteiger charge is 2.30. The lowest BCUT2D eigenvalue weighted by Gasteiger charge is -2.13. The number of nitrogens with two attached hydrogens (primary N) is 1. The summed E-state index contributed by atoms with van der Waals surface area (Å²) in [6, 6.07) is 4.68. The first-order valence-electron chi connectivity index (χ1n) is 6.00. The molecule has 0 saturated heterocycles. The molecule has 2 rings (SSSR count). The van der Waals surface area contributed by atoms with Crippen LogP contribution in [0.2, 0.25) is 0 Å². The molecule has 0 amide bonds. The van der Waals surface area contributed by atoms with Crippen LogP contribution in [0.15, 0.2) is 36.5 Å². The molecule has 7 heteroatoms. The second kappa shape index (κ2) is 5.77. The summed E-state index contributed by atoms with van der Waals surface area (Å²) in [6.07, 6.45) is -3.63. The lowest BCUT2D eigenvalue weighted by atomic mass is 10.0. The Bertz CT molecular complexity index is 622. The van der Waals surface area contributed by atoms with E-state index >= 15 is 0 Å². The van der Waals surface area contributed by atoms with Gasteiger partial charge in [-0.2, -0.15) is 13.2 Å². The third-order valence-corrected chi connectivity index (χ3v) is 2.93. The predicted octanol–water partition coefficient (Wildman–Crippen LogP) is 3.62. The van der Waals surface area contributed by atoms with Crippen LogP contribution in [0.25, 0.3) is 0 Å². The molecule has 0 radical (unpaired) electrons. The number of alkyl halides is 3. The van der Waals surface area contributed by atoms with Crippen LogP contribution in [-0.2, 0) is 12.6 Å². The van der Waals surface area contributed by atoms with Crippen molar-refractivity contribution in [3.8, 4) is 0 Å². The normalized spacial score (nSPS) is 13.2. The van der Waals surface area contributed by atoms with Gasteiger partial charge in [-0.3, -0.25) is 4.98 Å². The molecule has 0 aliphatic rings. The number of hydrogen-bond acceptors (Lipinski definition) is 2. The highest BCUT2D eigenvalue weighted by atomic mass is 19.4. The monoisotopic (exact) mass is 302 g/mol. The number of aromatic nitrogens is 1. The van der Waals surface area contributed by atoms with Crippen molar-refractivity contribution in [3.63, 3.8) is 0 Å². The van der Waals surface area contributed by atoms with E-state index in [1.165, 1.54) is 12.1 Å². The van der Waals surface area contributed by atoms with Gasteiger partial charge in [-0.25, -0.2) is 8.78 Å². The maximum absolute atomic E-state index is 13.1. The van der Waals surface area contributed by atoms with E-state index in [1.807, 2.05) is 0 Å². The average molecular weight is 302 g/mol. The highest BCUT2D eigenvalue weighted by molar-refractivity contribution is 5.23. The van der Waals surface area contributed by atoms with Crippen LogP contribution in [0, 0.1) is 11.6 Å². The van der Waals surface area contributed by atoms with E-state index in [0.29, 0.717) is 11.8 Å². The van der Waals surface area contributed by atoms with Crippen LogP contribution in [0.3, 0.4) is 0 Å². The molecule has 0 aliphatic carbocycles. The summed E-state index contributed by atoms with van der Waals surface area (Å²) in [7, 11) is 0. The molecule has 1 heterocycles. The van der Waals surface area contributed by atoms with Gasteiger partial charge in [0.2, 0.25) is 0 Å². The largest absolute Gasteiger partial charge is 0.417 e. The summed E-state index contributed by atoms with van der Waals surface area (Å²) in [5.41, 5.74) is 5.62. The van der Waals surface area contributed by atoms with Gasteiger partial charge in [0.25, 0.3) is 0 Å². The molecule has 0 fully saturated rings. The third-order valence-electron chi connectivity index (χ3n) is 2.93. The van der Waals surface area contributed by atoms with Crippen molar-refractivity contribution in [1.29, 1.82) is 0 Å². The minimum Gasteiger partial charge on any atom is -0.322 e. The first-order valence-corrected chi connectivity index (χ1v) is 6.00. The molecule has 21 heavy (non-hydrogen) atoms. The van der Waals surface area contributed by atoms with Crippen LogP contribution < -0.4 is 5.73 Å². The molecule has 0 aliphatic heterocycles. The van der Waals surface area contributed by atoms with Gasteiger partial charge in [0.1, 0.15) is 0 Å². The number of rotatable bonds is 3. The van der Waals surface area contributed by atoms with E-state index in [-0.39, 0.29) is 12.1 Å². The van der Waals surface area contributed by atoms with Crippen molar-refractivity contribution in [1.82, 2.24) is 4.98 Å². The van der Waals surface area contributed by atoms with Gasteiger partial charge in [-0.15, -0.1) is 0 Å². The molecule has 2 aromatic rings. The smallest absolute Gasteiger partial charge is 0.322 e. The summed E-state index contributed by atoms with van der Waals surface area (Å²) in [6.45, 7) is 0. The molecule has 1 aromatic heterocycles. The second-order valence-corrected chi connectivity index (χ2v) is 4.53. The summed E-state index contributed by atoms with van der Waals surface area (Å²) < 4.78 is 63.1. The van der Waals surface area contributed by atoms with E-state index < -0.39 is 29.4 Å². The van der Waals surface area contributed by atoms with Gasteiger partial charge < -0.3 is 5.73 Å². The van der Waals surface area contributed by atoms with E-state index in [9.17, 15) is 22.0 Å². The number of pyridine rings is 1. The molecular weight excluding hydrogens is 291 g/mol. The predicted molar refractivity (Wildman–Crippen MR) is 66.2 cm³/mol. The van der Waals surface area contributed by atoms with Crippen molar-refractivity contribution in [3.05, 3.63) is 65.0 Å². The maximum atomic E-state index is 13.1. The number of halogens is 5. The van der Waals surface area contributed by atoms with Crippen LogP contribution in [0.1, 0.15) is 22.9 Å². The van der Waals surface area contributed by atoms with E-state index in [0.717, 1.165) is 18.2 Å².